The fourth-order valence-electron chi connectivity index (χ4n) is 3.05. The molecule has 0 aliphatic carbocycles. The minimum Gasteiger partial charge on any atom is -0.486 e. The second-order valence-electron chi connectivity index (χ2n) is 6.97. The molecule has 0 radical (unpaired) electrons. The summed E-state index contributed by atoms with van der Waals surface area (Å²) in [7, 11) is 1.79. The standard InChI is InChI=1S/C22H22N2O4S/c1-14-4-7-17(8-5-14)26-12-20-23-15(2)21(29-20)22(25)24(3)11-16-6-9-18-19(10-16)28-13-27-18/h4-10H,11-13H2,1-3H3. The average Bonchev–Trinajstić information content (AvgIpc) is 3.32. The molecule has 29 heavy (non-hydrogen) atoms. The van der Waals surface area contributed by atoms with Crippen molar-refractivity contribution in [2.24, 2.45) is 0 Å². The van der Waals surface area contributed by atoms with E-state index in [1.54, 1.807) is 11.9 Å². The van der Waals surface area contributed by atoms with Crippen molar-refractivity contribution >= 4 is 17.2 Å². The van der Waals surface area contributed by atoms with Gasteiger partial charge in [0.2, 0.25) is 6.79 Å². The Hall–Kier alpha value is -3.06. The molecule has 150 valence electrons. The van der Waals surface area contributed by atoms with Gasteiger partial charge in [-0.3, -0.25) is 4.79 Å². The molecule has 1 amide bonds. The van der Waals surface area contributed by atoms with Crippen molar-refractivity contribution in [3.8, 4) is 17.2 Å². The molecule has 0 unspecified atom stereocenters. The van der Waals surface area contributed by atoms with E-state index >= 15 is 0 Å². The summed E-state index contributed by atoms with van der Waals surface area (Å²) in [4.78, 5) is 19.8. The molecule has 3 aromatic rings. The topological polar surface area (TPSA) is 60.9 Å². The molecule has 2 heterocycles. The minimum absolute atomic E-state index is 0.0562. The Labute approximate surface area is 173 Å². The van der Waals surface area contributed by atoms with E-state index in [2.05, 4.69) is 4.98 Å². The molecule has 7 heteroatoms. The normalized spacial score (nSPS) is 12.1. The summed E-state index contributed by atoms with van der Waals surface area (Å²) in [6.07, 6.45) is 0. The van der Waals surface area contributed by atoms with Gasteiger partial charge in [-0.1, -0.05) is 23.8 Å². The number of aromatic nitrogens is 1. The van der Waals surface area contributed by atoms with Crippen LogP contribution < -0.4 is 14.2 Å². The molecule has 2 aromatic carbocycles. The number of amides is 1. The van der Waals surface area contributed by atoms with Gasteiger partial charge >= 0.3 is 0 Å². The predicted molar refractivity (Wildman–Crippen MR) is 111 cm³/mol. The van der Waals surface area contributed by atoms with Crippen molar-refractivity contribution in [1.29, 1.82) is 0 Å². The molecule has 0 fully saturated rings. The van der Waals surface area contributed by atoms with Crippen LogP contribution >= 0.6 is 11.3 Å². The zero-order valence-electron chi connectivity index (χ0n) is 16.6. The first-order valence-electron chi connectivity index (χ1n) is 9.29. The van der Waals surface area contributed by atoms with Crippen LogP contribution in [0.2, 0.25) is 0 Å². The first-order valence-corrected chi connectivity index (χ1v) is 10.1. The molecule has 6 nitrogen and oxygen atoms in total. The Kier molecular flexibility index (Phi) is 5.40. The quantitative estimate of drug-likeness (QED) is 0.605. The highest BCUT2D eigenvalue weighted by Crippen LogP contribution is 2.33. The lowest BCUT2D eigenvalue weighted by Gasteiger charge is -2.16. The van der Waals surface area contributed by atoms with Crippen LogP contribution in [0.3, 0.4) is 0 Å². The number of nitrogens with zero attached hydrogens (tertiary/aromatic N) is 2. The number of hydrogen-bond donors (Lipinski definition) is 0. The van der Waals surface area contributed by atoms with Crippen LogP contribution in [0.4, 0.5) is 0 Å². The summed E-state index contributed by atoms with van der Waals surface area (Å²) in [5, 5.41) is 0.780. The summed E-state index contributed by atoms with van der Waals surface area (Å²) in [6.45, 7) is 4.94. The van der Waals surface area contributed by atoms with Crippen molar-refractivity contribution in [2.45, 2.75) is 27.0 Å². The molecule has 0 atom stereocenters. The van der Waals surface area contributed by atoms with Crippen LogP contribution in [-0.4, -0.2) is 29.6 Å². The van der Waals surface area contributed by atoms with Crippen molar-refractivity contribution in [1.82, 2.24) is 9.88 Å². The summed E-state index contributed by atoms with van der Waals surface area (Å²) >= 11 is 1.38. The van der Waals surface area contributed by atoms with Crippen LogP contribution in [0.25, 0.3) is 0 Å². The Morgan fingerprint density at radius 2 is 1.90 bits per heavy atom. The lowest BCUT2D eigenvalue weighted by atomic mass is 10.2. The number of rotatable bonds is 6. The summed E-state index contributed by atoms with van der Waals surface area (Å²) in [5.74, 6) is 2.18. The zero-order valence-corrected chi connectivity index (χ0v) is 17.4. The van der Waals surface area contributed by atoms with Crippen LogP contribution in [-0.2, 0) is 13.2 Å². The van der Waals surface area contributed by atoms with Gasteiger partial charge in [0.25, 0.3) is 5.91 Å². The van der Waals surface area contributed by atoms with E-state index in [9.17, 15) is 4.79 Å². The number of carbonyl (C=O) groups is 1. The van der Waals surface area contributed by atoms with Crippen molar-refractivity contribution in [2.75, 3.05) is 13.8 Å². The van der Waals surface area contributed by atoms with Crippen LogP contribution in [0.15, 0.2) is 42.5 Å². The Balaban J connectivity index is 1.40. The van der Waals surface area contributed by atoms with Crippen molar-refractivity contribution in [3.63, 3.8) is 0 Å². The second kappa shape index (κ2) is 8.13. The predicted octanol–water partition coefficient (Wildman–Crippen LogP) is 4.34. The number of ether oxygens (including phenoxy) is 3. The lowest BCUT2D eigenvalue weighted by molar-refractivity contribution is 0.0789. The van der Waals surface area contributed by atoms with E-state index in [4.69, 9.17) is 14.2 Å². The van der Waals surface area contributed by atoms with Crippen molar-refractivity contribution < 1.29 is 19.0 Å². The van der Waals surface area contributed by atoms with Crippen LogP contribution in [0.1, 0.15) is 31.5 Å². The molecule has 0 N–H and O–H groups in total. The number of benzene rings is 2. The third-order valence-electron chi connectivity index (χ3n) is 4.62. The Morgan fingerprint density at radius 3 is 2.69 bits per heavy atom. The molecule has 1 aliphatic heterocycles. The minimum atomic E-state index is -0.0562. The Morgan fingerprint density at radius 1 is 1.14 bits per heavy atom. The third kappa shape index (κ3) is 4.35. The molecule has 0 spiro atoms. The smallest absolute Gasteiger partial charge is 0.265 e. The number of aryl methyl sites for hydroxylation is 2. The number of carbonyl (C=O) groups excluding carboxylic acids is 1. The second-order valence-corrected chi connectivity index (χ2v) is 8.06. The molecule has 0 bridgehead atoms. The molecule has 4 rings (SSSR count). The third-order valence-corrected chi connectivity index (χ3v) is 5.74. The van der Waals surface area contributed by atoms with Crippen LogP contribution in [0, 0.1) is 13.8 Å². The largest absolute Gasteiger partial charge is 0.486 e. The van der Waals surface area contributed by atoms with E-state index in [0.29, 0.717) is 23.8 Å². The average molecular weight is 410 g/mol. The highest BCUT2D eigenvalue weighted by molar-refractivity contribution is 7.13. The molecular weight excluding hydrogens is 388 g/mol. The van der Waals surface area contributed by atoms with Gasteiger partial charge in [0.15, 0.2) is 11.5 Å². The van der Waals surface area contributed by atoms with E-state index in [1.165, 1.54) is 16.9 Å². The fraction of sp³-hybridized carbons (Fsp3) is 0.273. The van der Waals surface area contributed by atoms with Gasteiger partial charge in [-0.25, -0.2) is 4.98 Å². The van der Waals surface area contributed by atoms with Gasteiger partial charge in [0.1, 0.15) is 22.2 Å². The van der Waals surface area contributed by atoms with E-state index in [1.807, 2.05) is 56.3 Å². The van der Waals surface area contributed by atoms with Gasteiger partial charge in [-0.15, -0.1) is 11.3 Å². The maximum atomic E-state index is 12.9. The van der Waals surface area contributed by atoms with Gasteiger partial charge < -0.3 is 19.1 Å². The summed E-state index contributed by atoms with van der Waals surface area (Å²) in [5.41, 5.74) is 2.89. The number of fused-ring (bicyclic) bond motifs is 1. The molecular formula is C22H22N2O4S. The molecule has 1 aromatic heterocycles. The highest BCUT2D eigenvalue weighted by Gasteiger charge is 2.20. The van der Waals surface area contributed by atoms with Crippen LogP contribution in [0.5, 0.6) is 17.2 Å². The van der Waals surface area contributed by atoms with Crippen molar-refractivity contribution in [3.05, 3.63) is 69.2 Å². The van der Waals surface area contributed by atoms with E-state index < -0.39 is 0 Å². The van der Waals surface area contributed by atoms with Gasteiger partial charge in [-0.2, -0.15) is 0 Å². The first-order chi connectivity index (χ1) is 14.0. The monoisotopic (exact) mass is 410 g/mol. The highest BCUT2D eigenvalue weighted by atomic mass is 32.1. The number of thiazole rings is 1. The number of hydrogen-bond acceptors (Lipinski definition) is 6. The van der Waals surface area contributed by atoms with E-state index in [0.717, 1.165) is 27.8 Å². The SMILES string of the molecule is Cc1ccc(OCc2nc(C)c(C(=O)N(C)Cc3ccc4c(c3)OCO4)s2)cc1. The molecule has 0 saturated carbocycles. The summed E-state index contributed by atoms with van der Waals surface area (Å²) < 4.78 is 16.5. The summed E-state index contributed by atoms with van der Waals surface area (Å²) in [6, 6.07) is 13.6. The van der Waals surface area contributed by atoms with Gasteiger partial charge in [0.05, 0.1) is 5.69 Å². The van der Waals surface area contributed by atoms with E-state index in [-0.39, 0.29) is 12.7 Å². The maximum Gasteiger partial charge on any atom is 0.265 e. The van der Waals surface area contributed by atoms with Gasteiger partial charge in [-0.05, 0) is 43.7 Å². The zero-order chi connectivity index (χ0) is 20.4. The first kappa shape index (κ1) is 19.3. The molecule has 0 saturated heterocycles. The fourth-order valence-corrected chi connectivity index (χ4v) is 4.02. The Bertz CT molecular complexity index is 1030. The maximum absolute atomic E-state index is 12.9. The lowest BCUT2D eigenvalue weighted by Crippen LogP contribution is -2.26. The van der Waals surface area contributed by atoms with Gasteiger partial charge in [0, 0.05) is 13.6 Å². The molecule has 1 aliphatic rings.